The van der Waals surface area contributed by atoms with Gasteiger partial charge in [-0.2, -0.15) is 0 Å². The number of nitrogens with zero attached hydrogens (tertiary/aromatic N) is 2. The lowest BCUT2D eigenvalue weighted by Crippen LogP contribution is -3.13. The lowest BCUT2D eigenvalue weighted by atomic mass is 9.72. The number of fused-ring (bicyclic) bond motifs is 3. The maximum Gasteiger partial charge on any atom is 0.260 e. The molecular weight excluding hydrogens is 384 g/mol. The maximum atomic E-state index is 12.9. The molecule has 158 valence electrons. The third-order valence-corrected chi connectivity index (χ3v) is 7.88. The second-order valence-corrected chi connectivity index (χ2v) is 10.7. The summed E-state index contributed by atoms with van der Waals surface area (Å²) in [6.07, 6.45) is 3.77. The Morgan fingerprint density at radius 1 is 1.31 bits per heavy atom. The Kier molecular flexibility index (Phi) is 5.55. The average molecular weight is 418 g/mol. The van der Waals surface area contributed by atoms with E-state index in [9.17, 15) is 9.59 Å². The molecule has 4 rings (SSSR count). The summed E-state index contributed by atoms with van der Waals surface area (Å²) < 4.78 is 0. The van der Waals surface area contributed by atoms with Crippen molar-refractivity contribution in [1.29, 1.82) is 0 Å². The van der Waals surface area contributed by atoms with E-state index in [1.807, 2.05) is 11.8 Å². The highest BCUT2D eigenvalue weighted by molar-refractivity contribution is 7.18. The van der Waals surface area contributed by atoms with E-state index in [4.69, 9.17) is 4.98 Å². The zero-order valence-corrected chi connectivity index (χ0v) is 18.9. The molecule has 29 heavy (non-hydrogen) atoms. The highest BCUT2D eigenvalue weighted by Crippen LogP contribution is 2.41. The summed E-state index contributed by atoms with van der Waals surface area (Å²) in [6.45, 7) is 13.0. The van der Waals surface area contributed by atoms with Crippen molar-refractivity contribution in [3.05, 3.63) is 26.6 Å². The highest BCUT2D eigenvalue weighted by atomic mass is 32.1. The Balaban J connectivity index is 1.52. The number of H-pyrrole nitrogens is 1. The summed E-state index contributed by atoms with van der Waals surface area (Å²) in [5.74, 6) is 1.67. The van der Waals surface area contributed by atoms with Crippen LogP contribution in [0.25, 0.3) is 10.2 Å². The number of carbonyl (C=O) groups excluding carboxylic acids is 1. The van der Waals surface area contributed by atoms with Gasteiger partial charge in [0.1, 0.15) is 11.4 Å². The number of amides is 1. The Morgan fingerprint density at radius 3 is 2.69 bits per heavy atom. The first kappa shape index (κ1) is 20.5. The molecule has 1 saturated heterocycles. The van der Waals surface area contributed by atoms with Crippen molar-refractivity contribution < 1.29 is 9.69 Å². The number of hydrogen-bond donors (Lipinski definition) is 2. The molecule has 0 radical (unpaired) electrons. The minimum absolute atomic E-state index is 0.0240. The number of hydrogen-bond acceptors (Lipinski definition) is 4. The number of thiophene rings is 1. The maximum absolute atomic E-state index is 12.9. The molecule has 2 N–H and O–H groups in total. The van der Waals surface area contributed by atoms with E-state index in [0.29, 0.717) is 24.3 Å². The van der Waals surface area contributed by atoms with Gasteiger partial charge in [-0.1, -0.05) is 27.7 Å². The molecule has 6 nitrogen and oxygen atoms in total. The number of rotatable bonds is 3. The molecule has 1 amide bonds. The summed E-state index contributed by atoms with van der Waals surface area (Å²) in [6, 6.07) is 0. The zero-order chi connectivity index (χ0) is 20.8. The van der Waals surface area contributed by atoms with E-state index >= 15 is 0 Å². The van der Waals surface area contributed by atoms with Gasteiger partial charge >= 0.3 is 0 Å². The van der Waals surface area contributed by atoms with Gasteiger partial charge in [-0.3, -0.25) is 9.59 Å². The van der Waals surface area contributed by atoms with Crippen molar-refractivity contribution in [2.75, 3.05) is 26.2 Å². The van der Waals surface area contributed by atoms with Crippen LogP contribution < -0.4 is 10.5 Å². The second-order valence-electron chi connectivity index (χ2n) is 9.66. The zero-order valence-electron chi connectivity index (χ0n) is 18.1. The molecule has 1 aliphatic carbocycles. The van der Waals surface area contributed by atoms with Crippen LogP contribution in [0.1, 0.15) is 56.8 Å². The molecule has 0 unspecified atom stereocenters. The van der Waals surface area contributed by atoms with Crippen LogP contribution >= 0.6 is 11.3 Å². The molecule has 2 aliphatic rings. The predicted molar refractivity (Wildman–Crippen MR) is 116 cm³/mol. The van der Waals surface area contributed by atoms with Gasteiger partial charge in [-0.05, 0) is 36.2 Å². The molecular formula is C22H33N4O2S+. The quantitative estimate of drug-likeness (QED) is 0.800. The monoisotopic (exact) mass is 417 g/mol. The minimum atomic E-state index is 0.0240. The van der Waals surface area contributed by atoms with Crippen LogP contribution in [0.5, 0.6) is 0 Å². The van der Waals surface area contributed by atoms with Crippen LogP contribution in [0.4, 0.5) is 0 Å². The fraction of sp³-hybridized carbons (Fsp3) is 0.682. The number of piperazine rings is 1. The van der Waals surface area contributed by atoms with E-state index in [2.05, 4.69) is 25.8 Å². The fourth-order valence-corrected chi connectivity index (χ4v) is 6.08. The molecule has 7 heteroatoms. The number of aromatic nitrogens is 2. The summed E-state index contributed by atoms with van der Waals surface area (Å²) >= 11 is 1.72. The molecule has 0 saturated carbocycles. The Hall–Kier alpha value is -1.73. The number of carbonyl (C=O) groups is 1. The molecule has 1 atom stereocenters. The van der Waals surface area contributed by atoms with Gasteiger partial charge in [-0.15, -0.1) is 11.3 Å². The molecule has 2 aromatic heterocycles. The summed E-state index contributed by atoms with van der Waals surface area (Å²) in [5, 5.41) is 0.828. The average Bonchev–Trinajstić information content (AvgIpc) is 3.05. The SMILES string of the molecule is CCC(=O)N1CC[NH+](Cc2nc3sc4c(c3c(=O)[nH]2)CC[C@H](C(C)(C)C)C4)CC1. The van der Waals surface area contributed by atoms with Crippen LogP contribution in [-0.2, 0) is 24.2 Å². The molecule has 0 spiro atoms. The van der Waals surface area contributed by atoms with Crippen molar-refractivity contribution >= 4 is 27.5 Å². The highest BCUT2D eigenvalue weighted by Gasteiger charge is 2.32. The van der Waals surface area contributed by atoms with Gasteiger partial charge in [0.25, 0.3) is 5.56 Å². The molecule has 0 bridgehead atoms. The van der Waals surface area contributed by atoms with E-state index < -0.39 is 0 Å². The van der Waals surface area contributed by atoms with Crippen LogP contribution in [0.15, 0.2) is 4.79 Å². The van der Waals surface area contributed by atoms with Gasteiger partial charge < -0.3 is 14.8 Å². The third-order valence-electron chi connectivity index (χ3n) is 6.74. The number of quaternary nitrogens is 1. The van der Waals surface area contributed by atoms with Crippen molar-refractivity contribution in [2.24, 2.45) is 11.3 Å². The smallest absolute Gasteiger partial charge is 0.260 e. The second kappa shape index (κ2) is 7.84. The molecule has 2 aromatic rings. The van der Waals surface area contributed by atoms with Crippen molar-refractivity contribution in [3.63, 3.8) is 0 Å². The van der Waals surface area contributed by atoms with E-state index in [-0.39, 0.29) is 11.5 Å². The first-order valence-corrected chi connectivity index (χ1v) is 11.7. The van der Waals surface area contributed by atoms with Gasteiger partial charge in [0.2, 0.25) is 5.91 Å². The molecule has 3 heterocycles. The fourth-order valence-electron chi connectivity index (χ4n) is 4.76. The first-order valence-electron chi connectivity index (χ1n) is 10.9. The van der Waals surface area contributed by atoms with Crippen molar-refractivity contribution in [1.82, 2.24) is 14.9 Å². The Labute approximate surface area is 176 Å². The van der Waals surface area contributed by atoms with Crippen molar-refractivity contribution in [2.45, 2.75) is 59.9 Å². The van der Waals surface area contributed by atoms with Crippen LogP contribution in [0.3, 0.4) is 0 Å². The largest absolute Gasteiger partial charge is 0.331 e. The number of aromatic amines is 1. The van der Waals surface area contributed by atoms with Gasteiger partial charge in [0.15, 0.2) is 5.82 Å². The number of nitrogens with one attached hydrogen (secondary N) is 2. The molecule has 1 aliphatic heterocycles. The third kappa shape index (κ3) is 4.12. The summed E-state index contributed by atoms with van der Waals surface area (Å²) in [5.41, 5.74) is 1.56. The lowest BCUT2D eigenvalue weighted by Gasteiger charge is -2.33. The van der Waals surface area contributed by atoms with E-state index in [0.717, 1.165) is 61.5 Å². The van der Waals surface area contributed by atoms with Crippen LogP contribution in [0, 0.1) is 11.3 Å². The first-order chi connectivity index (χ1) is 13.8. The van der Waals surface area contributed by atoms with Gasteiger partial charge in [0.05, 0.1) is 31.6 Å². The normalized spacial score (nSPS) is 20.8. The van der Waals surface area contributed by atoms with Crippen LogP contribution in [-0.4, -0.2) is 47.0 Å². The van der Waals surface area contributed by atoms with Crippen molar-refractivity contribution in [3.8, 4) is 0 Å². The predicted octanol–water partition coefficient (Wildman–Crippen LogP) is 1.77. The van der Waals surface area contributed by atoms with Gasteiger partial charge in [0, 0.05) is 11.3 Å². The minimum Gasteiger partial charge on any atom is -0.331 e. The van der Waals surface area contributed by atoms with E-state index in [1.54, 1.807) is 11.3 Å². The lowest BCUT2D eigenvalue weighted by molar-refractivity contribution is -0.918. The van der Waals surface area contributed by atoms with Gasteiger partial charge in [-0.25, -0.2) is 4.98 Å². The molecule has 1 fully saturated rings. The Bertz CT molecular complexity index is 964. The molecule has 0 aromatic carbocycles. The summed E-state index contributed by atoms with van der Waals surface area (Å²) in [7, 11) is 0. The van der Waals surface area contributed by atoms with E-state index in [1.165, 1.54) is 15.3 Å². The standard InChI is InChI=1S/C22H32N4O2S/c1-5-18(27)26-10-8-25(9-11-26)13-17-23-20(28)19-15-7-6-14(22(2,3)4)12-16(15)29-21(19)24-17/h14H,5-13H2,1-4H3,(H,23,24,28)/p+1/t14-/m0/s1. The van der Waals surface area contributed by atoms with Crippen LogP contribution in [0.2, 0.25) is 0 Å². The summed E-state index contributed by atoms with van der Waals surface area (Å²) in [4.78, 5) is 38.2. The topological polar surface area (TPSA) is 70.5 Å². The number of aryl methyl sites for hydroxylation is 1. The Morgan fingerprint density at radius 2 is 2.03 bits per heavy atom.